The second-order valence-corrected chi connectivity index (χ2v) is 7.57. The summed E-state index contributed by atoms with van der Waals surface area (Å²) in [5, 5.41) is 6.48. The topological polar surface area (TPSA) is 67.4 Å². The minimum atomic E-state index is -0.270. The number of halogens is 1. The summed E-state index contributed by atoms with van der Waals surface area (Å²) in [5.41, 5.74) is 2.08. The van der Waals surface area contributed by atoms with Crippen LogP contribution in [-0.4, -0.2) is 24.5 Å². The van der Waals surface area contributed by atoms with Crippen LogP contribution in [0.3, 0.4) is 0 Å². The fraction of sp³-hybridized carbons (Fsp3) is 0.364. The maximum Gasteiger partial charge on any atom is 0.262 e. The van der Waals surface area contributed by atoms with E-state index >= 15 is 0 Å². The number of hydrogen-bond acceptors (Lipinski definition) is 3. The first-order valence-electron chi connectivity index (χ1n) is 9.61. The molecular formula is C22H25ClN2O3. The standard InChI is InChI=1S/C22H25ClN2O3/c1-15-13-17(23)9-12-20(15)28-14-21(26)24-19-10-7-16(8-11-19)22(27)25-18-5-3-2-4-6-18/h7-13,18H,2-6,14H2,1H3,(H,24,26)(H,25,27). The highest BCUT2D eigenvalue weighted by Crippen LogP contribution is 2.22. The van der Waals surface area contributed by atoms with Crippen molar-refractivity contribution in [2.24, 2.45) is 0 Å². The lowest BCUT2D eigenvalue weighted by molar-refractivity contribution is -0.118. The minimum absolute atomic E-state index is 0.0636. The lowest BCUT2D eigenvalue weighted by Crippen LogP contribution is -2.36. The lowest BCUT2D eigenvalue weighted by atomic mass is 9.95. The molecule has 0 atom stereocenters. The van der Waals surface area contributed by atoms with Crippen LogP contribution in [0.1, 0.15) is 48.0 Å². The van der Waals surface area contributed by atoms with Gasteiger partial charge in [-0.25, -0.2) is 0 Å². The second kappa shape index (κ2) is 9.60. The molecule has 0 spiro atoms. The van der Waals surface area contributed by atoms with E-state index < -0.39 is 0 Å². The third kappa shape index (κ3) is 5.73. The van der Waals surface area contributed by atoms with Crippen molar-refractivity contribution >= 4 is 29.1 Å². The van der Waals surface area contributed by atoms with Gasteiger partial charge >= 0.3 is 0 Å². The fourth-order valence-electron chi connectivity index (χ4n) is 3.34. The number of ether oxygens (including phenoxy) is 1. The molecule has 1 aliphatic rings. The number of aryl methyl sites for hydroxylation is 1. The molecule has 0 bridgehead atoms. The molecule has 5 nitrogen and oxygen atoms in total. The molecule has 2 aromatic rings. The number of carbonyl (C=O) groups is 2. The molecule has 6 heteroatoms. The van der Waals surface area contributed by atoms with Gasteiger partial charge in [0.15, 0.2) is 6.61 Å². The smallest absolute Gasteiger partial charge is 0.262 e. The molecule has 3 rings (SSSR count). The molecule has 2 aromatic carbocycles. The van der Waals surface area contributed by atoms with Crippen LogP contribution in [0, 0.1) is 6.92 Å². The van der Waals surface area contributed by atoms with Crippen molar-refractivity contribution in [1.82, 2.24) is 5.32 Å². The molecule has 28 heavy (non-hydrogen) atoms. The summed E-state index contributed by atoms with van der Waals surface area (Å²) in [6, 6.07) is 12.4. The van der Waals surface area contributed by atoms with Crippen LogP contribution in [0.4, 0.5) is 5.69 Å². The monoisotopic (exact) mass is 400 g/mol. The summed E-state index contributed by atoms with van der Waals surface area (Å²) >= 11 is 5.91. The van der Waals surface area contributed by atoms with Gasteiger partial charge in [-0.2, -0.15) is 0 Å². The average Bonchev–Trinajstić information content (AvgIpc) is 2.68. The molecule has 1 aliphatic carbocycles. The van der Waals surface area contributed by atoms with E-state index in [9.17, 15) is 9.59 Å². The van der Waals surface area contributed by atoms with Crippen molar-refractivity contribution in [3.63, 3.8) is 0 Å². The molecule has 0 radical (unpaired) electrons. The van der Waals surface area contributed by atoms with Gasteiger partial charge in [0.1, 0.15) is 5.75 Å². The summed E-state index contributed by atoms with van der Waals surface area (Å²) in [5.74, 6) is 0.286. The highest BCUT2D eigenvalue weighted by molar-refractivity contribution is 6.30. The Bertz CT molecular complexity index is 830. The predicted octanol–water partition coefficient (Wildman–Crippen LogP) is 4.73. The van der Waals surface area contributed by atoms with Crippen LogP contribution in [0.2, 0.25) is 5.02 Å². The van der Waals surface area contributed by atoms with Crippen LogP contribution in [0.15, 0.2) is 42.5 Å². The molecular weight excluding hydrogens is 376 g/mol. The van der Waals surface area contributed by atoms with Gasteiger partial charge < -0.3 is 15.4 Å². The molecule has 1 saturated carbocycles. The third-order valence-corrected chi connectivity index (χ3v) is 5.10. The zero-order valence-electron chi connectivity index (χ0n) is 16.0. The van der Waals surface area contributed by atoms with Gasteiger partial charge in [-0.15, -0.1) is 0 Å². The first kappa shape index (κ1) is 20.2. The van der Waals surface area contributed by atoms with E-state index in [4.69, 9.17) is 16.3 Å². The normalized spacial score (nSPS) is 14.4. The van der Waals surface area contributed by atoms with Gasteiger partial charge in [0.2, 0.25) is 0 Å². The Morgan fingerprint density at radius 3 is 2.46 bits per heavy atom. The number of nitrogens with one attached hydrogen (secondary N) is 2. The molecule has 0 heterocycles. The van der Waals surface area contributed by atoms with Crippen molar-refractivity contribution in [3.05, 3.63) is 58.6 Å². The van der Waals surface area contributed by atoms with E-state index in [2.05, 4.69) is 10.6 Å². The Morgan fingerprint density at radius 1 is 1.07 bits per heavy atom. The van der Waals surface area contributed by atoms with Crippen molar-refractivity contribution in [2.75, 3.05) is 11.9 Å². The Hall–Kier alpha value is -2.53. The van der Waals surface area contributed by atoms with Crippen LogP contribution in [-0.2, 0) is 4.79 Å². The molecule has 148 valence electrons. The van der Waals surface area contributed by atoms with Gasteiger partial charge in [-0.3, -0.25) is 9.59 Å². The second-order valence-electron chi connectivity index (χ2n) is 7.13. The van der Waals surface area contributed by atoms with Crippen molar-refractivity contribution in [2.45, 2.75) is 45.1 Å². The summed E-state index contributed by atoms with van der Waals surface area (Å²) in [4.78, 5) is 24.4. The van der Waals surface area contributed by atoms with Crippen LogP contribution in [0.25, 0.3) is 0 Å². The first-order valence-corrected chi connectivity index (χ1v) is 9.99. The van der Waals surface area contributed by atoms with Crippen molar-refractivity contribution in [1.29, 1.82) is 0 Å². The minimum Gasteiger partial charge on any atom is -0.483 e. The Balaban J connectivity index is 1.49. The van der Waals surface area contributed by atoms with E-state index in [1.807, 2.05) is 6.92 Å². The molecule has 0 unspecified atom stereocenters. The number of anilines is 1. The lowest BCUT2D eigenvalue weighted by Gasteiger charge is -2.22. The molecule has 2 N–H and O–H groups in total. The zero-order valence-corrected chi connectivity index (χ0v) is 16.7. The number of amides is 2. The Morgan fingerprint density at radius 2 is 1.79 bits per heavy atom. The molecule has 0 aromatic heterocycles. The molecule has 0 saturated heterocycles. The highest BCUT2D eigenvalue weighted by Gasteiger charge is 2.16. The zero-order chi connectivity index (χ0) is 19.9. The van der Waals surface area contributed by atoms with Gasteiger partial charge in [0, 0.05) is 22.3 Å². The molecule has 2 amide bonds. The van der Waals surface area contributed by atoms with E-state index in [1.54, 1.807) is 42.5 Å². The van der Waals surface area contributed by atoms with Gasteiger partial charge in [-0.1, -0.05) is 30.9 Å². The first-order chi connectivity index (χ1) is 13.5. The molecule has 1 fully saturated rings. The van der Waals surface area contributed by atoms with Crippen LogP contribution >= 0.6 is 11.6 Å². The van der Waals surface area contributed by atoms with E-state index in [0.717, 1.165) is 18.4 Å². The Kier molecular flexibility index (Phi) is 6.93. The fourth-order valence-corrected chi connectivity index (χ4v) is 3.56. The summed E-state index contributed by atoms with van der Waals surface area (Å²) in [7, 11) is 0. The quantitative estimate of drug-likeness (QED) is 0.736. The Labute approximate surface area is 170 Å². The van der Waals surface area contributed by atoms with E-state index in [1.165, 1.54) is 19.3 Å². The SMILES string of the molecule is Cc1cc(Cl)ccc1OCC(=O)Nc1ccc(C(=O)NC2CCCCC2)cc1. The highest BCUT2D eigenvalue weighted by atomic mass is 35.5. The third-order valence-electron chi connectivity index (χ3n) is 4.87. The maximum atomic E-state index is 12.3. The largest absolute Gasteiger partial charge is 0.483 e. The van der Waals surface area contributed by atoms with Gasteiger partial charge in [0.05, 0.1) is 0 Å². The van der Waals surface area contributed by atoms with E-state index in [0.29, 0.717) is 22.0 Å². The van der Waals surface area contributed by atoms with Gasteiger partial charge in [-0.05, 0) is 67.8 Å². The number of rotatable bonds is 6. The maximum absolute atomic E-state index is 12.3. The number of benzene rings is 2. The van der Waals surface area contributed by atoms with E-state index in [-0.39, 0.29) is 24.5 Å². The van der Waals surface area contributed by atoms with Gasteiger partial charge in [0.25, 0.3) is 11.8 Å². The number of carbonyl (C=O) groups excluding carboxylic acids is 2. The number of hydrogen-bond donors (Lipinski definition) is 2. The summed E-state index contributed by atoms with van der Waals surface area (Å²) in [6.45, 7) is 1.77. The van der Waals surface area contributed by atoms with Crippen LogP contribution < -0.4 is 15.4 Å². The van der Waals surface area contributed by atoms with Crippen molar-refractivity contribution < 1.29 is 14.3 Å². The van der Waals surface area contributed by atoms with Crippen molar-refractivity contribution in [3.8, 4) is 5.75 Å². The van der Waals surface area contributed by atoms with Crippen LogP contribution in [0.5, 0.6) is 5.75 Å². The summed E-state index contributed by atoms with van der Waals surface area (Å²) < 4.78 is 5.54. The predicted molar refractivity (Wildman–Crippen MR) is 111 cm³/mol. The summed E-state index contributed by atoms with van der Waals surface area (Å²) in [6.07, 6.45) is 5.70. The average molecular weight is 401 g/mol. The molecule has 0 aliphatic heterocycles.